The zero-order valence-corrected chi connectivity index (χ0v) is 17.1. The summed E-state index contributed by atoms with van der Waals surface area (Å²) in [6, 6.07) is 18.8. The number of benzene rings is 3. The lowest BCUT2D eigenvalue weighted by atomic mass is 10.1. The molecule has 0 bridgehead atoms. The standard InChI is InChI=1S/C22H18Cl2N2O3/c1-14-4-2-7-18(10-14)29-13-21(27)26-20-11-15(8-9-19(20)24)22(28)25-17-6-3-5-16(23)12-17/h2-12H,13H2,1H3,(H,25,28)(H,26,27). The average Bonchev–Trinajstić information content (AvgIpc) is 2.68. The van der Waals surface area contributed by atoms with Crippen LogP contribution >= 0.6 is 23.2 Å². The molecule has 0 radical (unpaired) electrons. The second-order valence-electron chi connectivity index (χ2n) is 6.31. The maximum Gasteiger partial charge on any atom is 0.262 e. The molecule has 5 nitrogen and oxygen atoms in total. The average molecular weight is 429 g/mol. The van der Waals surface area contributed by atoms with Crippen LogP contribution in [0.15, 0.2) is 66.7 Å². The van der Waals surface area contributed by atoms with Crippen molar-refractivity contribution >= 4 is 46.4 Å². The van der Waals surface area contributed by atoms with Gasteiger partial charge >= 0.3 is 0 Å². The molecule has 0 aliphatic carbocycles. The van der Waals surface area contributed by atoms with Crippen LogP contribution in [0.5, 0.6) is 5.75 Å². The van der Waals surface area contributed by atoms with Crippen LogP contribution in [0.4, 0.5) is 11.4 Å². The topological polar surface area (TPSA) is 67.4 Å². The van der Waals surface area contributed by atoms with Crippen LogP contribution in [0, 0.1) is 6.92 Å². The van der Waals surface area contributed by atoms with Crippen LogP contribution in [0.3, 0.4) is 0 Å². The second-order valence-corrected chi connectivity index (χ2v) is 7.16. The van der Waals surface area contributed by atoms with Gasteiger partial charge in [0, 0.05) is 16.3 Å². The number of nitrogens with one attached hydrogen (secondary N) is 2. The van der Waals surface area contributed by atoms with Gasteiger partial charge in [-0.2, -0.15) is 0 Å². The van der Waals surface area contributed by atoms with Crippen molar-refractivity contribution in [3.05, 3.63) is 87.9 Å². The molecule has 29 heavy (non-hydrogen) atoms. The van der Waals surface area contributed by atoms with Gasteiger partial charge in [-0.1, -0.05) is 41.4 Å². The van der Waals surface area contributed by atoms with E-state index in [0.29, 0.717) is 32.7 Å². The van der Waals surface area contributed by atoms with Crippen LogP contribution < -0.4 is 15.4 Å². The molecule has 0 aliphatic rings. The van der Waals surface area contributed by atoms with Crippen molar-refractivity contribution in [2.75, 3.05) is 17.2 Å². The summed E-state index contributed by atoms with van der Waals surface area (Å²) in [6.07, 6.45) is 0. The van der Waals surface area contributed by atoms with Gasteiger partial charge in [-0.15, -0.1) is 0 Å². The second kappa shape index (κ2) is 9.45. The van der Waals surface area contributed by atoms with E-state index in [-0.39, 0.29) is 18.4 Å². The summed E-state index contributed by atoms with van der Waals surface area (Å²) in [5.74, 6) is -0.142. The predicted molar refractivity (Wildman–Crippen MR) is 116 cm³/mol. The van der Waals surface area contributed by atoms with Crippen molar-refractivity contribution in [3.8, 4) is 5.75 Å². The Morgan fingerprint density at radius 2 is 1.72 bits per heavy atom. The van der Waals surface area contributed by atoms with Crippen molar-refractivity contribution in [1.29, 1.82) is 0 Å². The molecule has 0 heterocycles. The molecule has 3 rings (SSSR count). The highest BCUT2D eigenvalue weighted by Crippen LogP contribution is 2.24. The van der Waals surface area contributed by atoms with Crippen molar-refractivity contribution in [2.24, 2.45) is 0 Å². The zero-order valence-electron chi connectivity index (χ0n) is 15.5. The summed E-state index contributed by atoms with van der Waals surface area (Å²) in [7, 11) is 0. The molecular weight excluding hydrogens is 411 g/mol. The fourth-order valence-electron chi connectivity index (χ4n) is 2.57. The number of halogens is 2. The highest BCUT2D eigenvalue weighted by atomic mass is 35.5. The van der Waals surface area contributed by atoms with Gasteiger partial charge in [-0.3, -0.25) is 9.59 Å². The molecule has 148 valence electrons. The van der Waals surface area contributed by atoms with E-state index in [1.165, 1.54) is 6.07 Å². The Kier molecular flexibility index (Phi) is 6.75. The van der Waals surface area contributed by atoms with E-state index in [0.717, 1.165) is 5.56 Å². The molecule has 0 unspecified atom stereocenters. The monoisotopic (exact) mass is 428 g/mol. The first kappa shape index (κ1) is 20.7. The van der Waals surface area contributed by atoms with Crippen molar-refractivity contribution in [2.45, 2.75) is 6.92 Å². The molecule has 0 spiro atoms. The number of aryl methyl sites for hydroxylation is 1. The van der Waals surface area contributed by atoms with Gasteiger partial charge in [0.25, 0.3) is 11.8 Å². The molecule has 3 aromatic carbocycles. The van der Waals surface area contributed by atoms with Crippen molar-refractivity contribution in [3.63, 3.8) is 0 Å². The maximum atomic E-state index is 12.5. The Morgan fingerprint density at radius 3 is 2.48 bits per heavy atom. The first-order chi connectivity index (χ1) is 13.9. The maximum absolute atomic E-state index is 12.5. The first-order valence-electron chi connectivity index (χ1n) is 8.76. The number of amides is 2. The number of hydrogen-bond acceptors (Lipinski definition) is 3. The molecule has 2 amide bonds. The van der Waals surface area contributed by atoms with E-state index < -0.39 is 0 Å². The van der Waals surface area contributed by atoms with E-state index in [1.807, 2.05) is 25.1 Å². The van der Waals surface area contributed by atoms with Crippen LogP contribution in [-0.2, 0) is 4.79 Å². The van der Waals surface area contributed by atoms with E-state index in [1.54, 1.807) is 42.5 Å². The fraction of sp³-hybridized carbons (Fsp3) is 0.0909. The lowest BCUT2D eigenvalue weighted by Gasteiger charge is -2.11. The Balaban J connectivity index is 1.65. The summed E-state index contributed by atoms with van der Waals surface area (Å²) >= 11 is 12.1. The lowest BCUT2D eigenvalue weighted by molar-refractivity contribution is -0.118. The van der Waals surface area contributed by atoms with Gasteiger partial charge in [0.1, 0.15) is 5.75 Å². The quantitative estimate of drug-likeness (QED) is 0.538. The molecule has 0 aliphatic heterocycles. The summed E-state index contributed by atoms with van der Waals surface area (Å²) in [6.45, 7) is 1.76. The Bertz CT molecular complexity index is 1050. The van der Waals surface area contributed by atoms with Gasteiger partial charge in [0.2, 0.25) is 0 Å². The first-order valence-corrected chi connectivity index (χ1v) is 9.52. The van der Waals surface area contributed by atoms with Gasteiger partial charge in [-0.25, -0.2) is 0 Å². The minimum absolute atomic E-state index is 0.182. The summed E-state index contributed by atoms with van der Waals surface area (Å²) in [5.41, 5.74) is 2.26. The molecule has 3 aromatic rings. The number of rotatable bonds is 6. The molecule has 0 fully saturated rings. The van der Waals surface area contributed by atoms with E-state index in [9.17, 15) is 9.59 Å². The molecule has 7 heteroatoms. The Hall–Kier alpha value is -3.02. The van der Waals surface area contributed by atoms with E-state index >= 15 is 0 Å². The van der Waals surface area contributed by atoms with Gasteiger partial charge in [0.15, 0.2) is 6.61 Å². The van der Waals surface area contributed by atoms with Crippen LogP contribution in [0.2, 0.25) is 10.0 Å². The Labute approximate surface area is 178 Å². The lowest BCUT2D eigenvalue weighted by Crippen LogP contribution is -2.21. The minimum atomic E-state index is -0.388. The highest BCUT2D eigenvalue weighted by molar-refractivity contribution is 6.34. The third-order valence-corrected chi connectivity index (χ3v) is 4.51. The highest BCUT2D eigenvalue weighted by Gasteiger charge is 2.12. The summed E-state index contributed by atoms with van der Waals surface area (Å²) < 4.78 is 5.48. The smallest absolute Gasteiger partial charge is 0.262 e. The van der Waals surface area contributed by atoms with Gasteiger partial charge in [-0.05, 0) is 61.0 Å². The number of carbonyl (C=O) groups excluding carboxylic acids is 2. The Morgan fingerprint density at radius 1 is 0.931 bits per heavy atom. The number of anilines is 2. The fourth-order valence-corrected chi connectivity index (χ4v) is 2.93. The SMILES string of the molecule is Cc1cccc(OCC(=O)Nc2cc(C(=O)Nc3cccc(Cl)c3)ccc2Cl)c1. The predicted octanol–water partition coefficient (Wildman–Crippen LogP) is 5.57. The molecule has 2 N–H and O–H groups in total. The van der Waals surface area contributed by atoms with Crippen molar-refractivity contribution in [1.82, 2.24) is 0 Å². The van der Waals surface area contributed by atoms with Gasteiger partial charge in [0.05, 0.1) is 10.7 Å². The van der Waals surface area contributed by atoms with Crippen molar-refractivity contribution < 1.29 is 14.3 Å². The van der Waals surface area contributed by atoms with Gasteiger partial charge < -0.3 is 15.4 Å². The molecule has 0 saturated heterocycles. The molecular formula is C22H18Cl2N2O3. The van der Waals surface area contributed by atoms with Crippen LogP contribution in [-0.4, -0.2) is 18.4 Å². The number of ether oxygens (including phenoxy) is 1. The summed E-state index contributed by atoms with van der Waals surface area (Å²) in [5, 5.41) is 6.24. The summed E-state index contributed by atoms with van der Waals surface area (Å²) in [4.78, 5) is 24.7. The zero-order chi connectivity index (χ0) is 20.8. The normalized spacial score (nSPS) is 10.3. The number of carbonyl (C=O) groups is 2. The molecule has 0 atom stereocenters. The molecule has 0 aromatic heterocycles. The van der Waals surface area contributed by atoms with E-state index in [2.05, 4.69) is 10.6 Å². The third kappa shape index (κ3) is 5.98. The van der Waals surface area contributed by atoms with Crippen LogP contribution in [0.1, 0.15) is 15.9 Å². The van der Waals surface area contributed by atoms with E-state index in [4.69, 9.17) is 27.9 Å². The third-order valence-electron chi connectivity index (χ3n) is 3.94. The largest absolute Gasteiger partial charge is 0.484 e. The molecule has 0 saturated carbocycles. The number of hydrogen-bond donors (Lipinski definition) is 2. The minimum Gasteiger partial charge on any atom is -0.484 e. The van der Waals surface area contributed by atoms with Crippen LogP contribution in [0.25, 0.3) is 0 Å².